The number of aromatic hydroxyl groups is 1. The summed E-state index contributed by atoms with van der Waals surface area (Å²) in [5, 5.41) is 44.5. The molecule has 0 aliphatic heterocycles. The first-order chi connectivity index (χ1) is 16.3. The first kappa shape index (κ1) is 24.8. The number of benzene rings is 1. The molecule has 4 atom stereocenters. The third kappa shape index (κ3) is 3.20. The number of primary amides is 1. The highest BCUT2D eigenvalue weighted by atomic mass is 32.1. The number of carbonyl (C=O) groups is 3. The molecule has 0 aromatic heterocycles. The van der Waals surface area contributed by atoms with Gasteiger partial charge in [0.05, 0.1) is 11.6 Å². The zero-order valence-electron chi connectivity index (χ0n) is 19.6. The molecule has 0 bridgehead atoms. The van der Waals surface area contributed by atoms with Crippen LogP contribution in [0.15, 0.2) is 27.3 Å². The van der Waals surface area contributed by atoms with E-state index < -0.39 is 63.8 Å². The first-order valence-electron chi connectivity index (χ1n) is 10.8. The predicted molar refractivity (Wildman–Crippen MR) is 128 cm³/mol. The Labute approximate surface area is 206 Å². The average molecular weight is 503 g/mol. The Morgan fingerprint density at radius 1 is 1.20 bits per heavy atom. The van der Waals surface area contributed by atoms with Gasteiger partial charge in [-0.3, -0.25) is 19.3 Å². The van der Waals surface area contributed by atoms with Crippen molar-refractivity contribution in [1.29, 1.82) is 0 Å². The molecule has 0 spiro atoms. The van der Waals surface area contributed by atoms with Gasteiger partial charge in [-0.1, -0.05) is 0 Å². The molecule has 1 aromatic carbocycles. The van der Waals surface area contributed by atoms with Crippen molar-refractivity contribution in [2.75, 3.05) is 33.1 Å². The third-order valence-electron chi connectivity index (χ3n) is 7.26. The van der Waals surface area contributed by atoms with Crippen LogP contribution in [-0.4, -0.2) is 82.6 Å². The van der Waals surface area contributed by atoms with Crippen LogP contribution in [0.1, 0.15) is 17.5 Å². The molecule has 1 saturated carbocycles. The molecule has 4 rings (SSSR count). The summed E-state index contributed by atoms with van der Waals surface area (Å²) < 4.78 is 3.63. The number of aliphatic hydroxyl groups is 3. The number of hydrogen-bond donors (Lipinski definition) is 5. The number of fused-ring (bicyclic) bond motifs is 3. The second-order valence-corrected chi connectivity index (χ2v) is 9.75. The summed E-state index contributed by atoms with van der Waals surface area (Å²) >= 11 is 4.75. The van der Waals surface area contributed by atoms with Gasteiger partial charge in [0.1, 0.15) is 22.8 Å². The normalized spacial score (nSPS) is 28.0. The Balaban J connectivity index is 2.02. The fraction of sp³-hybridized carbons (Fsp3) is 0.435. The molecule has 35 heavy (non-hydrogen) atoms. The predicted octanol–water partition coefficient (Wildman–Crippen LogP) is 0.392. The Kier molecular flexibility index (Phi) is 5.74. The molecule has 11 nitrogen and oxygen atoms in total. The molecule has 1 fully saturated rings. The largest absolute Gasteiger partial charge is 0.508 e. The van der Waals surface area contributed by atoms with Gasteiger partial charge in [0, 0.05) is 43.7 Å². The zero-order chi connectivity index (χ0) is 26.1. The number of likely N-dealkylation sites (N-methyl/N-ethyl adjacent to an activating group) is 1. The van der Waals surface area contributed by atoms with Crippen LogP contribution in [0.3, 0.4) is 0 Å². The molecule has 0 heterocycles. The molecular weight excluding hydrogens is 476 g/mol. The highest BCUT2D eigenvalue weighted by Gasteiger charge is 2.64. The number of Topliss-reactive ketones (excluding diaryl/α,β-unsaturated/α-hetero) is 2. The van der Waals surface area contributed by atoms with Crippen molar-refractivity contribution in [1.82, 2.24) is 4.90 Å². The molecule has 0 unspecified atom stereocenters. The number of phenols is 1. The van der Waals surface area contributed by atoms with Crippen LogP contribution in [0.2, 0.25) is 0 Å². The van der Waals surface area contributed by atoms with Crippen LogP contribution >= 0.6 is 0 Å². The summed E-state index contributed by atoms with van der Waals surface area (Å²) in [6, 6.07) is 0.441. The lowest BCUT2D eigenvalue weighted by Crippen LogP contribution is -2.65. The molecule has 6 N–H and O–H groups in total. The zero-order valence-corrected chi connectivity index (χ0v) is 20.4. The maximum Gasteiger partial charge on any atom is 0.255 e. The number of nitrogens with two attached hydrogens (primary N) is 1. The highest BCUT2D eigenvalue weighted by Crippen LogP contribution is 2.54. The van der Waals surface area contributed by atoms with Crippen LogP contribution in [-0.2, 0) is 33.2 Å². The van der Waals surface area contributed by atoms with E-state index in [-0.39, 0.29) is 29.7 Å². The van der Waals surface area contributed by atoms with Crippen LogP contribution in [0.5, 0.6) is 5.75 Å². The van der Waals surface area contributed by atoms with Gasteiger partial charge in [0.2, 0.25) is 5.78 Å². The van der Waals surface area contributed by atoms with Crippen molar-refractivity contribution in [2.45, 2.75) is 24.5 Å². The Morgan fingerprint density at radius 3 is 2.34 bits per heavy atom. The molecule has 0 saturated heterocycles. The smallest absolute Gasteiger partial charge is 0.255 e. The lowest BCUT2D eigenvalue weighted by molar-refractivity contribution is -0.153. The molecular formula is C23H26N4O7S. The summed E-state index contributed by atoms with van der Waals surface area (Å²) in [5.41, 5.74) is 2.69. The van der Waals surface area contributed by atoms with Gasteiger partial charge in [-0.05, 0) is 44.5 Å². The van der Waals surface area contributed by atoms with E-state index in [1.807, 2.05) is 0 Å². The quantitative estimate of drug-likeness (QED) is 0.362. The van der Waals surface area contributed by atoms with Crippen LogP contribution in [0.25, 0.3) is 5.76 Å². The van der Waals surface area contributed by atoms with Gasteiger partial charge < -0.3 is 31.1 Å². The van der Waals surface area contributed by atoms with Crippen LogP contribution in [0.4, 0.5) is 11.4 Å². The standard InChI is InChI=1S/C23H26N4O7S/c1-26(2)12-7-11(25-35)17(28)14-9(12)5-8-6-10-16(27(3)4)19(30)15(22(24)33)21(32)23(10,34)20(31)13(8)18(14)29/h7-8,10,16,28-29,32,34H,5-6H2,1-4H3,(H2,24,33)/t8-,10-,16-,23-/m0/s1. The van der Waals surface area contributed by atoms with E-state index in [1.54, 1.807) is 39.2 Å². The number of amides is 1. The second-order valence-electron chi connectivity index (χ2n) is 9.56. The molecule has 1 aromatic rings. The maximum atomic E-state index is 13.8. The lowest BCUT2D eigenvalue weighted by atomic mass is 9.57. The molecule has 1 amide bonds. The van der Waals surface area contributed by atoms with Crippen molar-refractivity contribution < 1.29 is 34.8 Å². The molecule has 12 heteroatoms. The molecule has 3 aliphatic rings. The lowest BCUT2D eigenvalue weighted by Gasteiger charge is -2.50. The second kappa shape index (κ2) is 8.11. The van der Waals surface area contributed by atoms with Crippen LogP contribution < -0.4 is 10.6 Å². The van der Waals surface area contributed by atoms with E-state index in [0.29, 0.717) is 11.3 Å². The summed E-state index contributed by atoms with van der Waals surface area (Å²) in [6.07, 6.45) is 0.208. The van der Waals surface area contributed by atoms with Gasteiger partial charge in [0.25, 0.3) is 5.91 Å². The third-order valence-corrected chi connectivity index (χ3v) is 7.45. The molecule has 186 valence electrons. The van der Waals surface area contributed by atoms with Crippen LogP contribution in [0, 0.1) is 11.8 Å². The van der Waals surface area contributed by atoms with Crippen molar-refractivity contribution in [3.8, 4) is 5.75 Å². The molecule has 0 radical (unpaired) electrons. The van der Waals surface area contributed by atoms with E-state index in [2.05, 4.69) is 4.36 Å². The summed E-state index contributed by atoms with van der Waals surface area (Å²) in [5.74, 6) is -7.04. The number of aliphatic hydroxyl groups excluding tert-OH is 2. The number of ketones is 2. The molecule has 3 aliphatic carbocycles. The van der Waals surface area contributed by atoms with Gasteiger partial charge >= 0.3 is 0 Å². The summed E-state index contributed by atoms with van der Waals surface area (Å²) in [7, 11) is 6.62. The van der Waals surface area contributed by atoms with Gasteiger partial charge in [-0.25, -0.2) is 0 Å². The number of phenolic OH excluding ortho intramolecular Hbond substituents is 1. The van der Waals surface area contributed by atoms with E-state index in [0.717, 1.165) is 0 Å². The highest BCUT2D eigenvalue weighted by molar-refractivity contribution is 7.47. The number of nitrogens with zero attached hydrogens (tertiary/aromatic N) is 3. The number of rotatable bonds is 4. The minimum absolute atomic E-state index is 0.0163. The van der Waals surface area contributed by atoms with E-state index in [9.17, 15) is 34.8 Å². The number of hydrogen-bond acceptors (Lipinski definition) is 11. The van der Waals surface area contributed by atoms with Gasteiger partial charge in [0.15, 0.2) is 17.1 Å². The van der Waals surface area contributed by atoms with E-state index in [4.69, 9.17) is 18.2 Å². The van der Waals surface area contributed by atoms with Gasteiger partial charge in [-0.15, -0.1) is 0 Å². The fourth-order valence-electron chi connectivity index (χ4n) is 5.75. The summed E-state index contributed by atoms with van der Waals surface area (Å²) in [6.45, 7) is 0. The number of carbonyl (C=O) groups excluding carboxylic acids is 3. The maximum absolute atomic E-state index is 13.8. The Hall–Kier alpha value is -3.35. The SMILES string of the molecule is CN(C)c1cc(N=S)c(O)c2c1C[C@H]1C[C@H]3[C@H](N(C)C)C(=O)C(C(N)=O)=C(O)[C@@]3(O)C(=O)C1=C2O. The van der Waals surface area contributed by atoms with Gasteiger partial charge in [-0.2, -0.15) is 4.36 Å². The average Bonchev–Trinajstić information content (AvgIpc) is 2.75. The van der Waals surface area contributed by atoms with E-state index in [1.165, 1.54) is 4.90 Å². The summed E-state index contributed by atoms with van der Waals surface area (Å²) in [4.78, 5) is 42.1. The minimum atomic E-state index is -2.68. The van der Waals surface area contributed by atoms with Crippen molar-refractivity contribution >= 4 is 47.0 Å². The number of anilines is 1. The van der Waals surface area contributed by atoms with Crippen molar-refractivity contribution in [2.24, 2.45) is 21.9 Å². The Morgan fingerprint density at radius 2 is 1.83 bits per heavy atom. The van der Waals surface area contributed by atoms with E-state index >= 15 is 0 Å². The fourth-order valence-corrected chi connectivity index (χ4v) is 5.89. The first-order valence-corrected chi connectivity index (χ1v) is 11.2. The Bertz CT molecular complexity index is 1270. The topological polar surface area (TPSA) is 177 Å². The minimum Gasteiger partial charge on any atom is -0.508 e. The monoisotopic (exact) mass is 502 g/mol. The van der Waals surface area contributed by atoms with Crippen molar-refractivity contribution in [3.63, 3.8) is 0 Å². The van der Waals surface area contributed by atoms with Crippen molar-refractivity contribution in [3.05, 3.63) is 34.1 Å².